The van der Waals surface area contributed by atoms with Gasteiger partial charge in [0.05, 0.1) is 26.5 Å². The van der Waals surface area contributed by atoms with Gasteiger partial charge in [-0.05, 0) is 25.7 Å². The molecule has 1 heterocycles. The predicted molar refractivity (Wildman–Crippen MR) is 66.5 cm³/mol. The number of rotatable bonds is 7. The van der Waals surface area contributed by atoms with Crippen molar-refractivity contribution in [3.8, 4) is 0 Å². The summed E-state index contributed by atoms with van der Waals surface area (Å²) in [6.07, 6.45) is 1.35. The molecule has 0 radical (unpaired) electrons. The molecule has 18 heavy (non-hydrogen) atoms. The minimum Gasteiger partial charge on any atom is -0.463 e. The van der Waals surface area contributed by atoms with Gasteiger partial charge in [-0.25, -0.2) is 9.86 Å². The third kappa shape index (κ3) is 4.22. The Hall–Kier alpha value is -0.660. The molecule has 0 aromatic carbocycles. The lowest BCUT2D eigenvalue weighted by Gasteiger charge is -2.23. The highest BCUT2D eigenvalue weighted by molar-refractivity contribution is 8.07. The highest BCUT2D eigenvalue weighted by Gasteiger charge is 2.28. The quantitative estimate of drug-likeness (QED) is 0.517. The zero-order chi connectivity index (χ0) is 13.6. The average molecular weight is 297 g/mol. The number of nitrogens with zero attached hydrogens (tertiary/aromatic N) is 1. The minimum atomic E-state index is -2.85. The molecule has 0 saturated carbocycles. The molecule has 0 amide bonds. The molecule has 9 heteroatoms. The second kappa shape index (κ2) is 7.06. The van der Waals surface area contributed by atoms with Crippen molar-refractivity contribution < 1.29 is 27.9 Å². The Kier molecular flexibility index (Phi) is 6.04. The van der Waals surface area contributed by atoms with Crippen LogP contribution in [0.5, 0.6) is 0 Å². The zero-order valence-corrected chi connectivity index (χ0v) is 12.2. The summed E-state index contributed by atoms with van der Waals surface area (Å²) < 4.78 is 25.6. The largest absolute Gasteiger partial charge is 0.463 e. The highest BCUT2D eigenvalue weighted by Crippen LogP contribution is 2.50. The second-order valence-corrected chi connectivity index (χ2v) is 5.96. The molecule has 0 saturated heterocycles. The highest BCUT2D eigenvalue weighted by atomic mass is 32.5. The first kappa shape index (κ1) is 15.4. The van der Waals surface area contributed by atoms with Gasteiger partial charge in [0, 0.05) is 0 Å². The number of ether oxygens (including phenoxy) is 2. The van der Waals surface area contributed by atoms with Crippen LogP contribution in [0.4, 0.5) is 0 Å². The molecule has 0 unspecified atom stereocenters. The Bertz CT molecular complexity index is 364. The lowest BCUT2D eigenvalue weighted by atomic mass is 10.5. The van der Waals surface area contributed by atoms with E-state index in [1.54, 1.807) is 13.8 Å². The van der Waals surface area contributed by atoms with Crippen LogP contribution in [0.1, 0.15) is 13.8 Å². The molecule has 0 spiro atoms. The van der Waals surface area contributed by atoms with Gasteiger partial charge in [-0.3, -0.25) is 0 Å². The standard InChI is InChI=1S/C9H16NO6PS/c1-4-14-17(18,15-5-2)16-10-6-8(13-7-10)9(11)12-3/h6H,4-5,7H2,1-3H3. The van der Waals surface area contributed by atoms with E-state index in [1.807, 2.05) is 0 Å². The van der Waals surface area contributed by atoms with Crippen molar-refractivity contribution in [3.63, 3.8) is 0 Å². The molecule has 0 aromatic rings. The van der Waals surface area contributed by atoms with Crippen LogP contribution in [0.25, 0.3) is 0 Å². The number of esters is 1. The van der Waals surface area contributed by atoms with E-state index in [-0.39, 0.29) is 12.5 Å². The van der Waals surface area contributed by atoms with Gasteiger partial charge in [0.2, 0.25) is 5.76 Å². The molecule has 0 atom stereocenters. The molecule has 0 aromatic heterocycles. The van der Waals surface area contributed by atoms with Crippen LogP contribution >= 0.6 is 6.72 Å². The number of carbonyl (C=O) groups is 1. The van der Waals surface area contributed by atoms with Crippen LogP contribution in [0.15, 0.2) is 12.0 Å². The van der Waals surface area contributed by atoms with Crippen LogP contribution in [-0.4, -0.2) is 38.1 Å². The third-order valence-electron chi connectivity index (χ3n) is 1.77. The molecule has 0 N–H and O–H groups in total. The van der Waals surface area contributed by atoms with Crippen molar-refractivity contribution in [1.82, 2.24) is 5.06 Å². The third-order valence-corrected chi connectivity index (χ3v) is 4.17. The van der Waals surface area contributed by atoms with Crippen LogP contribution in [0.3, 0.4) is 0 Å². The summed E-state index contributed by atoms with van der Waals surface area (Å²) in [6, 6.07) is 0. The summed E-state index contributed by atoms with van der Waals surface area (Å²) in [7, 11) is 1.26. The summed E-state index contributed by atoms with van der Waals surface area (Å²) in [5, 5.41) is 1.26. The van der Waals surface area contributed by atoms with E-state index in [0.29, 0.717) is 13.2 Å². The van der Waals surface area contributed by atoms with Crippen molar-refractivity contribution in [1.29, 1.82) is 0 Å². The maximum absolute atomic E-state index is 11.2. The zero-order valence-electron chi connectivity index (χ0n) is 10.5. The molecule has 1 aliphatic heterocycles. The van der Waals surface area contributed by atoms with E-state index in [0.717, 1.165) is 0 Å². The SMILES string of the molecule is CCOP(=S)(OCC)ON1C=C(C(=O)OC)OC1. The van der Waals surface area contributed by atoms with Gasteiger partial charge in [-0.1, -0.05) is 0 Å². The van der Waals surface area contributed by atoms with E-state index in [1.165, 1.54) is 18.4 Å². The van der Waals surface area contributed by atoms with Crippen LogP contribution in [0, 0.1) is 0 Å². The Morgan fingerprint density at radius 1 is 1.50 bits per heavy atom. The molecular formula is C9H16NO6PS. The van der Waals surface area contributed by atoms with E-state index < -0.39 is 12.7 Å². The monoisotopic (exact) mass is 297 g/mol. The number of methoxy groups -OCH3 is 1. The Balaban J connectivity index is 2.64. The van der Waals surface area contributed by atoms with Crippen molar-refractivity contribution in [2.75, 3.05) is 27.1 Å². The predicted octanol–water partition coefficient (Wildman–Crippen LogP) is 1.52. The van der Waals surface area contributed by atoms with Gasteiger partial charge in [-0.15, -0.1) is 0 Å². The topological polar surface area (TPSA) is 66.5 Å². The maximum atomic E-state index is 11.2. The van der Waals surface area contributed by atoms with E-state index in [9.17, 15) is 4.79 Å². The van der Waals surface area contributed by atoms with Gasteiger partial charge in [0.25, 0.3) is 0 Å². The van der Waals surface area contributed by atoms with Gasteiger partial charge in [0.1, 0.15) is 0 Å². The van der Waals surface area contributed by atoms with Gasteiger partial charge in [-0.2, -0.15) is 4.62 Å². The summed E-state index contributed by atoms with van der Waals surface area (Å²) in [4.78, 5) is 11.2. The molecule has 0 aliphatic carbocycles. The molecular weight excluding hydrogens is 281 g/mol. The van der Waals surface area contributed by atoms with Crippen molar-refractivity contribution in [2.24, 2.45) is 0 Å². The van der Waals surface area contributed by atoms with E-state index in [4.69, 9.17) is 30.2 Å². The first-order chi connectivity index (χ1) is 8.54. The molecule has 0 fully saturated rings. The normalized spacial score (nSPS) is 15.3. The van der Waals surface area contributed by atoms with Crippen LogP contribution in [0.2, 0.25) is 0 Å². The molecule has 1 aliphatic rings. The first-order valence-electron chi connectivity index (χ1n) is 5.33. The Morgan fingerprint density at radius 2 is 2.11 bits per heavy atom. The second-order valence-electron chi connectivity index (χ2n) is 3.04. The van der Waals surface area contributed by atoms with Crippen LogP contribution < -0.4 is 0 Å². The van der Waals surface area contributed by atoms with Crippen molar-refractivity contribution in [3.05, 3.63) is 12.0 Å². The Morgan fingerprint density at radius 3 is 2.61 bits per heavy atom. The lowest BCUT2D eigenvalue weighted by molar-refractivity contribution is -0.140. The van der Waals surface area contributed by atoms with Crippen molar-refractivity contribution in [2.45, 2.75) is 13.8 Å². The van der Waals surface area contributed by atoms with Gasteiger partial charge >= 0.3 is 12.7 Å². The number of hydrogen-bond acceptors (Lipinski definition) is 8. The fraction of sp³-hybridized carbons (Fsp3) is 0.667. The number of carbonyl (C=O) groups excluding carboxylic acids is 1. The van der Waals surface area contributed by atoms with Gasteiger partial charge < -0.3 is 18.5 Å². The fourth-order valence-electron chi connectivity index (χ4n) is 1.13. The maximum Gasteiger partial charge on any atom is 0.375 e. The van der Waals surface area contributed by atoms with Crippen molar-refractivity contribution >= 4 is 24.5 Å². The van der Waals surface area contributed by atoms with E-state index >= 15 is 0 Å². The molecule has 0 bridgehead atoms. The van der Waals surface area contributed by atoms with Gasteiger partial charge in [0.15, 0.2) is 6.73 Å². The first-order valence-corrected chi connectivity index (χ1v) is 7.88. The summed E-state index contributed by atoms with van der Waals surface area (Å²) in [5.41, 5.74) is 0. The summed E-state index contributed by atoms with van der Waals surface area (Å²) in [5.74, 6) is -0.533. The average Bonchev–Trinajstić information content (AvgIpc) is 2.76. The fourth-order valence-corrected chi connectivity index (χ4v) is 3.17. The number of hydrogen-bond donors (Lipinski definition) is 0. The van der Waals surface area contributed by atoms with E-state index in [2.05, 4.69) is 4.74 Å². The smallest absolute Gasteiger partial charge is 0.375 e. The molecule has 104 valence electrons. The summed E-state index contributed by atoms with van der Waals surface area (Å²) in [6.45, 7) is 1.51. The summed E-state index contributed by atoms with van der Waals surface area (Å²) >= 11 is 5.17. The Labute approximate surface area is 111 Å². The number of hydroxylamine groups is 2. The molecule has 7 nitrogen and oxygen atoms in total. The molecule has 1 rings (SSSR count). The lowest BCUT2D eigenvalue weighted by Crippen LogP contribution is -2.16. The minimum absolute atomic E-state index is 0.0307. The van der Waals surface area contributed by atoms with Crippen LogP contribution in [-0.2, 0) is 39.7 Å².